The number of β-amino-alcohol motifs (C(OH)–C–C–N with tert-alkyl or cyclic N) is 1. The van der Waals surface area contributed by atoms with E-state index in [0.717, 1.165) is 31.7 Å². The van der Waals surface area contributed by atoms with E-state index in [9.17, 15) is 9.50 Å². The highest BCUT2D eigenvalue weighted by Crippen LogP contribution is 2.32. The number of nitriles is 1. The number of anilines is 5. The number of nitrogens with one attached hydrogen (secondary N) is 3. The van der Waals surface area contributed by atoms with Crippen molar-refractivity contribution in [1.29, 1.82) is 10.7 Å². The average molecular weight is 467 g/mol. The molecule has 11 heteroatoms. The summed E-state index contributed by atoms with van der Waals surface area (Å²) in [7, 11) is 0. The Morgan fingerprint density at radius 3 is 2.76 bits per heavy atom. The molecule has 1 atom stereocenters. The number of hydrogen-bond donors (Lipinski definition) is 4. The van der Waals surface area contributed by atoms with Gasteiger partial charge in [0.05, 0.1) is 34.1 Å². The lowest BCUT2D eigenvalue weighted by molar-refractivity contribution is 0.154. The van der Waals surface area contributed by atoms with Gasteiger partial charge in [-0.3, -0.25) is 0 Å². The van der Waals surface area contributed by atoms with Gasteiger partial charge in [0.15, 0.2) is 0 Å². The Hall–Kier alpha value is -3.81. The number of hydrogen-bond acceptors (Lipinski definition) is 9. The first kappa shape index (κ1) is 22.4. The van der Waals surface area contributed by atoms with Crippen LogP contribution in [0.15, 0.2) is 36.8 Å². The molecule has 3 heterocycles. The Kier molecular flexibility index (Phi) is 6.63. The van der Waals surface area contributed by atoms with Crippen LogP contribution in [-0.2, 0) is 0 Å². The van der Waals surface area contributed by atoms with Gasteiger partial charge in [-0.1, -0.05) is 11.6 Å². The first-order valence-electron chi connectivity index (χ1n) is 10.2. The van der Waals surface area contributed by atoms with Crippen molar-refractivity contribution >= 4 is 46.6 Å². The summed E-state index contributed by atoms with van der Waals surface area (Å²) in [6, 6.07) is 7.65. The highest BCUT2D eigenvalue weighted by Gasteiger charge is 2.19. The lowest BCUT2D eigenvalue weighted by Crippen LogP contribution is -2.38. The fraction of sp³-hybridized carbons (Fsp3) is 0.227. The zero-order chi connectivity index (χ0) is 23.4. The third-order valence-electron chi connectivity index (χ3n) is 5.15. The third kappa shape index (κ3) is 5.16. The molecule has 0 spiro atoms. The molecule has 0 aliphatic carbocycles. The maximum Gasteiger partial charge on any atom is 0.149 e. The maximum atomic E-state index is 14.5. The molecule has 0 saturated carbocycles. The van der Waals surface area contributed by atoms with Gasteiger partial charge < -0.3 is 26.0 Å². The van der Waals surface area contributed by atoms with Crippen LogP contribution in [-0.4, -0.2) is 45.5 Å². The molecule has 33 heavy (non-hydrogen) atoms. The number of pyridine rings is 1. The lowest BCUT2D eigenvalue weighted by atomic mass is 10.1. The molecule has 3 aromatic rings. The topological polar surface area (TPSA) is 134 Å². The molecule has 1 aliphatic rings. The fourth-order valence-corrected chi connectivity index (χ4v) is 3.79. The number of rotatable bonds is 6. The van der Waals surface area contributed by atoms with Crippen LogP contribution >= 0.6 is 11.6 Å². The van der Waals surface area contributed by atoms with Crippen molar-refractivity contribution < 1.29 is 9.50 Å². The monoisotopic (exact) mass is 466 g/mol. The van der Waals surface area contributed by atoms with E-state index in [0.29, 0.717) is 35.2 Å². The second kappa shape index (κ2) is 9.77. The van der Waals surface area contributed by atoms with Crippen molar-refractivity contribution in [2.75, 3.05) is 28.6 Å². The van der Waals surface area contributed by atoms with Gasteiger partial charge in [-0.25, -0.2) is 19.3 Å². The van der Waals surface area contributed by atoms with Gasteiger partial charge in [0.2, 0.25) is 0 Å². The Morgan fingerprint density at radius 1 is 1.21 bits per heavy atom. The molecular formula is C22H20ClFN8O. The van der Waals surface area contributed by atoms with Crippen molar-refractivity contribution in [3.63, 3.8) is 0 Å². The quantitative estimate of drug-likeness (QED) is 0.401. The smallest absolute Gasteiger partial charge is 0.149 e. The second-order valence-electron chi connectivity index (χ2n) is 7.48. The van der Waals surface area contributed by atoms with Crippen LogP contribution < -0.4 is 15.5 Å². The van der Waals surface area contributed by atoms with Gasteiger partial charge in [0, 0.05) is 43.2 Å². The van der Waals surface area contributed by atoms with Gasteiger partial charge >= 0.3 is 0 Å². The van der Waals surface area contributed by atoms with E-state index in [1.54, 1.807) is 12.1 Å². The third-order valence-corrected chi connectivity index (χ3v) is 5.45. The Morgan fingerprint density at radius 2 is 2.03 bits per heavy atom. The summed E-state index contributed by atoms with van der Waals surface area (Å²) in [5.74, 6) is 0.887. The second-order valence-corrected chi connectivity index (χ2v) is 7.89. The molecule has 1 aromatic carbocycles. The molecule has 9 nitrogen and oxygen atoms in total. The Bertz CT molecular complexity index is 1210. The molecule has 0 bridgehead atoms. The summed E-state index contributed by atoms with van der Waals surface area (Å²) >= 11 is 6.15. The largest absolute Gasteiger partial charge is 0.391 e. The van der Waals surface area contributed by atoms with E-state index < -0.39 is 5.82 Å². The van der Waals surface area contributed by atoms with E-state index in [-0.39, 0.29) is 22.4 Å². The van der Waals surface area contributed by atoms with E-state index in [2.05, 4.69) is 25.6 Å². The zero-order valence-corrected chi connectivity index (χ0v) is 18.1. The van der Waals surface area contributed by atoms with Crippen molar-refractivity contribution in [2.45, 2.75) is 18.9 Å². The van der Waals surface area contributed by atoms with Crippen molar-refractivity contribution in [1.82, 2.24) is 15.0 Å². The number of piperidine rings is 1. The van der Waals surface area contributed by atoms with Gasteiger partial charge in [0.25, 0.3) is 0 Å². The van der Waals surface area contributed by atoms with Crippen LogP contribution in [0.25, 0.3) is 0 Å². The van der Waals surface area contributed by atoms with E-state index >= 15 is 0 Å². The minimum Gasteiger partial charge on any atom is -0.391 e. The maximum absolute atomic E-state index is 14.5. The number of aliphatic hydroxyl groups excluding tert-OH is 1. The summed E-state index contributed by atoms with van der Waals surface area (Å²) in [4.78, 5) is 14.8. The predicted octanol–water partition coefficient (Wildman–Crippen LogP) is 3.98. The summed E-state index contributed by atoms with van der Waals surface area (Å²) < 4.78 is 14.5. The van der Waals surface area contributed by atoms with E-state index in [1.165, 1.54) is 18.6 Å². The predicted molar refractivity (Wildman–Crippen MR) is 124 cm³/mol. The number of halogens is 2. The molecule has 2 aromatic heterocycles. The summed E-state index contributed by atoms with van der Waals surface area (Å²) in [6.45, 7) is 1.30. The SMILES string of the molecule is N#Cc1cc(F)c(Nc2cc(Nc3cc(N4CCC[C@@H](O)C4)ncn3)ncc2C=N)c(Cl)c1. The van der Waals surface area contributed by atoms with Gasteiger partial charge in [-0.2, -0.15) is 5.26 Å². The van der Waals surface area contributed by atoms with Crippen molar-refractivity contribution in [2.24, 2.45) is 0 Å². The summed E-state index contributed by atoms with van der Waals surface area (Å²) in [6.07, 6.45) is 5.23. The van der Waals surface area contributed by atoms with E-state index in [1.807, 2.05) is 11.0 Å². The molecule has 1 saturated heterocycles. The molecule has 0 unspecified atom stereocenters. The highest BCUT2D eigenvalue weighted by atomic mass is 35.5. The normalized spacial score (nSPS) is 15.6. The summed E-state index contributed by atoms with van der Waals surface area (Å²) in [5.41, 5.74) is 0.893. The number of nitrogens with zero attached hydrogens (tertiary/aromatic N) is 5. The van der Waals surface area contributed by atoms with E-state index in [4.69, 9.17) is 22.3 Å². The standard InChI is InChI=1S/C22H20ClFN8O/c23-16-4-13(8-25)5-17(24)22(16)30-18-6-19(27-10-14(18)9-26)31-20-7-21(29-12-28-20)32-3-1-2-15(33)11-32/h4-7,9-10,12,15,26,33H,1-3,11H2,(H2,27,28,29,30,31)/t15-/m1/s1. The molecule has 4 rings (SSSR count). The highest BCUT2D eigenvalue weighted by molar-refractivity contribution is 6.33. The molecule has 4 N–H and O–H groups in total. The minimum absolute atomic E-state index is 0.0103. The van der Waals surface area contributed by atoms with Crippen molar-refractivity contribution in [3.05, 3.63) is 58.8 Å². The van der Waals surface area contributed by atoms with Gasteiger partial charge in [-0.15, -0.1) is 0 Å². The van der Waals surface area contributed by atoms with Gasteiger partial charge in [-0.05, 0) is 25.0 Å². The Labute approximate surface area is 194 Å². The van der Waals surface area contributed by atoms with Crippen LogP contribution in [0.2, 0.25) is 5.02 Å². The molecule has 0 radical (unpaired) electrons. The number of aliphatic hydroxyl groups is 1. The minimum atomic E-state index is -0.689. The number of benzene rings is 1. The fourth-order valence-electron chi connectivity index (χ4n) is 3.53. The number of aromatic nitrogens is 3. The molecule has 1 aliphatic heterocycles. The van der Waals surface area contributed by atoms with Crippen molar-refractivity contribution in [3.8, 4) is 6.07 Å². The van der Waals surface area contributed by atoms with Crippen LogP contribution in [0.3, 0.4) is 0 Å². The average Bonchev–Trinajstić information content (AvgIpc) is 2.81. The summed E-state index contributed by atoms with van der Waals surface area (Å²) in [5, 5.41) is 32.5. The first-order valence-corrected chi connectivity index (χ1v) is 10.5. The molecule has 168 valence electrons. The Balaban J connectivity index is 1.59. The van der Waals surface area contributed by atoms with Crippen LogP contribution in [0, 0.1) is 22.6 Å². The first-order chi connectivity index (χ1) is 16.0. The molecular weight excluding hydrogens is 447 g/mol. The zero-order valence-electron chi connectivity index (χ0n) is 17.4. The van der Waals surface area contributed by atoms with Crippen LogP contribution in [0.4, 0.5) is 33.2 Å². The lowest BCUT2D eigenvalue weighted by Gasteiger charge is -2.31. The molecule has 0 amide bonds. The van der Waals surface area contributed by atoms with Crippen LogP contribution in [0.5, 0.6) is 0 Å². The molecule has 1 fully saturated rings. The van der Waals surface area contributed by atoms with Crippen LogP contribution in [0.1, 0.15) is 24.0 Å². The van der Waals surface area contributed by atoms with Gasteiger partial charge in [0.1, 0.15) is 29.6 Å².